The molecule has 7 nitrogen and oxygen atoms in total. The van der Waals surface area contributed by atoms with Crippen LogP contribution in [0.2, 0.25) is 0 Å². The highest BCUT2D eigenvalue weighted by molar-refractivity contribution is 7.13. The molecule has 8 rings (SSSR count). The lowest BCUT2D eigenvalue weighted by Gasteiger charge is -2.40. The van der Waals surface area contributed by atoms with Crippen LogP contribution in [0.3, 0.4) is 0 Å². The van der Waals surface area contributed by atoms with Crippen molar-refractivity contribution in [2.75, 3.05) is 44.2 Å². The number of carbonyl (C=O) groups excluding carboxylic acids is 2. The molecule has 190 valence electrons. The van der Waals surface area contributed by atoms with Gasteiger partial charge in [-0.25, -0.2) is 0 Å². The van der Waals surface area contributed by atoms with E-state index in [1.54, 1.807) is 16.4 Å². The SMILES string of the molecule is O=C1C2C3CC(C4OC34)C2C(=O)N1CC1CCCCC1CN1CCN(c2nsc3ccccc23)CC1. The fourth-order valence-corrected chi connectivity index (χ4v) is 9.33. The third kappa shape index (κ3) is 3.26. The number of carbonyl (C=O) groups is 2. The Kier molecular flexibility index (Phi) is 5.03. The van der Waals surface area contributed by atoms with Gasteiger partial charge in [-0.3, -0.25) is 19.4 Å². The molecule has 3 aliphatic carbocycles. The number of hydrogen-bond acceptors (Lipinski definition) is 7. The Balaban J connectivity index is 0.916. The molecule has 1 aromatic heterocycles. The van der Waals surface area contributed by atoms with E-state index in [9.17, 15) is 9.59 Å². The van der Waals surface area contributed by atoms with E-state index in [1.807, 2.05) is 0 Å². The van der Waals surface area contributed by atoms with Crippen LogP contribution in [-0.4, -0.2) is 77.5 Å². The molecule has 8 unspecified atom stereocenters. The van der Waals surface area contributed by atoms with Crippen molar-refractivity contribution >= 4 is 39.3 Å². The summed E-state index contributed by atoms with van der Waals surface area (Å²) in [6, 6.07) is 8.52. The highest BCUT2D eigenvalue weighted by atomic mass is 32.1. The molecule has 2 aromatic rings. The quantitative estimate of drug-likeness (QED) is 0.458. The lowest BCUT2D eigenvalue weighted by atomic mass is 9.78. The molecule has 4 heterocycles. The first kappa shape index (κ1) is 22.0. The maximum atomic E-state index is 13.4. The number of imide groups is 1. The zero-order valence-electron chi connectivity index (χ0n) is 20.6. The number of anilines is 1. The van der Waals surface area contributed by atoms with Gasteiger partial charge >= 0.3 is 0 Å². The van der Waals surface area contributed by atoms with Gasteiger partial charge in [0.25, 0.3) is 0 Å². The number of fused-ring (bicyclic) bond motifs is 9. The van der Waals surface area contributed by atoms with Crippen molar-refractivity contribution in [3.8, 4) is 0 Å². The summed E-state index contributed by atoms with van der Waals surface area (Å²) >= 11 is 1.59. The first-order chi connectivity index (χ1) is 17.7. The summed E-state index contributed by atoms with van der Waals surface area (Å²) in [5.74, 6) is 2.85. The zero-order chi connectivity index (χ0) is 24.0. The summed E-state index contributed by atoms with van der Waals surface area (Å²) in [5.41, 5.74) is 0. The summed E-state index contributed by atoms with van der Waals surface area (Å²) in [5, 5.41) is 1.27. The zero-order valence-corrected chi connectivity index (χ0v) is 21.4. The fourth-order valence-electron chi connectivity index (χ4n) is 8.54. The van der Waals surface area contributed by atoms with Gasteiger partial charge in [-0.2, -0.15) is 4.37 Å². The summed E-state index contributed by atoms with van der Waals surface area (Å²) in [6.07, 6.45) is 6.43. The fraction of sp³-hybridized carbons (Fsp3) is 0.679. The summed E-state index contributed by atoms with van der Waals surface area (Å²) in [6.45, 7) is 5.84. The predicted molar refractivity (Wildman–Crippen MR) is 138 cm³/mol. The monoisotopic (exact) mass is 506 g/mol. The van der Waals surface area contributed by atoms with Crippen molar-refractivity contribution in [2.24, 2.45) is 35.5 Å². The van der Waals surface area contributed by atoms with Gasteiger partial charge < -0.3 is 9.64 Å². The van der Waals surface area contributed by atoms with Gasteiger partial charge in [0, 0.05) is 56.5 Å². The van der Waals surface area contributed by atoms with E-state index in [1.165, 1.54) is 29.3 Å². The maximum Gasteiger partial charge on any atom is 0.233 e. The molecule has 6 aliphatic rings. The van der Waals surface area contributed by atoms with E-state index < -0.39 is 0 Å². The number of hydrogen-bond donors (Lipinski definition) is 0. The maximum absolute atomic E-state index is 13.4. The molecule has 2 amide bonds. The molecule has 36 heavy (non-hydrogen) atoms. The number of likely N-dealkylation sites (tertiary alicyclic amines) is 1. The molecule has 2 bridgehead atoms. The number of ether oxygens (including phenoxy) is 1. The number of benzene rings is 1. The normalized spacial score (nSPS) is 39.8. The predicted octanol–water partition coefficient (Wildman–Crippen LogP) is 3.24. The number of rotatable bonds is 5. The standard InChI is InChI=1S/C28H34N4O3S/c33-27-22-19-13-20(25-24(19)35-25)23(22)28(34)32(27)15-17-6-2-1-5-16(17)14-30-9-11-31(12-10-30)26-18-7-3-4-8-21(18)36-29-26/h3-4,7-8,16-17,19-20,22-25H,1-2,5-6,9-15H2. The summed E-state index contributed by atoms with van der Waals surface area (Å²) < 4.78 is 11.8. The van der Waals surface area contributed by atoms with E-state index in [0.29, 0.717) is 30.2 Å². The molecule has 0 spiro atoms. The van der Waals surface area contributed by atoms with E-state index in [-0.39, 0.29) is 35.9 Å². The first-order valence-corrected chi connectivity index (χ1v) is 14.8. The van der Waals surface area contributed by atoms with Crippen LogP contribution < -0.4 is 4.90 Å². The number of aromatic nitrogens is 1. The van der Waals surface area contributed by atoms with Crippen molar-refractivity contribution in [3.63, 3.8) is 0 Å². The second-order valence-electron chi connectivity index (χ2n) is 12.1. The first-order valence-electron chi connectivity index (χ1n) is 14.0. The van der Waals surface area contributed by atoms with E-state index in [4.69, 9.17) is 9.11 Å². The van der Waals surface area contributed by atoms with Gasteiger partial charge in [-0.15, -0.1) is 0 Å². The molecule has 6 fully saturated rings. The molecule has 3 saturated carbocycles. The minimum absolute atomic E-state index is 0.0804. The van der Waals surface area contributed by atoms with Gasteiger partial charge in [-0.05, 0) is 54.8 Å². The van der Waals surface area contributed by atoms with Crippen LogP contribution in [0.5, 0.6) is 0 Å². The molecule has 3 saturated heterocycles. The van der Waals surface area contributed by atoms with Crippen molar-refractivity contribution in [2.45, 2.75) is 44.3 Å². The van der Waals surface area contributed by atoms with E-state index in [2.05, 4.69) is 34.1 Å². The Morgan fingerprint density at radius 2 is 1.56 bits per heavy atom. The Morgan fingerprint density at radius 1 is 0.889 bits per heavy atom. The molecule has 0 radical (unpaired) electrons. The molecular weight excluding hydrogens is 472 g/mol. The summed E-state index contributed by atoms with van der Waals surface area (Å²) in [7, 11) is 0. The van der Waals surface area contributed by atoms with Crippen LogP contribution in [0.25, 0.3) is 10.1 Å². The Morgan fingerprint density at radius 3 is 2.28 bits per heavy atom. The third-order valence-corrected chi connectivity index (χ3v) is 11.2. The third-order valence-electron chi connectivity index (χ3n) is 10.4. The largest absolute Gasteiger partial charge is 0.369 e. The topological polar surface area (TPSA) is 69.3 Å². The second-order valence-corrected chi connectivity index (χ2v) is 12.9. The molecule has 1 aromatic carbocycles. The Hall–Kier alpha value is -2.03. The van der Waals surface area contributed by atoms with E-state index in [0.717, 1.165) is 51.4 Å². The van der Waals surface area contributed by atoms with Gasteiger partial charge in [0.15, 0.2) is 0 Å². The summed E-state index contributed by atoms with van der Waals surface area (Å²) in [4.78, 5) is 33.5. The van der Waals surface area contributed by atoms with Crippen LogP contribution in [0.15, 0.2) is 24.3 Å². The van der Waals surface area contributed by atoms with Crippen molar-refractivity contribution in [1.82, 2.24) is 14.2 Å². The average Bonchev–Trinajstić information content (AvgIpc) is 3.18. The minimum Gasteiger partial charge on any atom is -0.369 e. The molecule has 8 atom stereocenters. The number of epoxide rings is 1. The molecule has 8 heteroatoms. The van der Waals surface area contributed by atoms with Crippen LogP contribution >= 0.6 is 11.5 Å². The average molecular weight is 507 g/mol. The number of amides is 2. The van der Waals surface area contributed by atoms with E-state index >= 15 is 0 Å². The molecule has 3 aliphatic heterocycles. The highest BCUT2D eigenvalue weighted by Crippen LogP contribution is 2.64. The number of piperazine rings is 1. The lowest BCUT2D eigenvalue weighted by molar-refractivity contribution is -0.142. The van der Waals surface area contributed by atoms with Crippen LogP contribution in [0, 0.1) is 35.5 Å². The van der Waals surface area contributed by atoms with Crippen LogP contribution in [0.1, 0.15) is 32.1 Å². The van der Waals surface area contributed by atoms with Gasteiger partial charge in [0.2, 0.25) is 11.8 Å². The van der Waals surface area contributed by atoms with Crippen LogP contribution in [-0.2, 0) is 14.3 Å². The van der Waals surface area contributed by atoms with Crippen LogP contribution in [0.4, 0.5) is 5.82 Å². The van der Waals surface area contributed by atoms with Gasteiger partial charge in [0.1, 0.15) is 5.82 Å². The Bertz CT molecular complexity index is 1180. The van der Waals surface area contributed by atoms with Crippen molar-refractivity contribution in [3.05, 3.63) is 24.3 Å². The minimum atomic E-state index is -0.0804. The highest BCUT2D eigenvalue weighted by Gasteiger charge is 2.73. The van der Waals surface area contributed by atoms with Gasteiger partial charge in [0.05, 0.1) is 28.7 Å². The molecular formula is C28H34N4O3S. The lowest BCUT2D eigenvalue weighted by Crippen LogP contribution is -2.49. The number of nitrogens with zero attached hydrogens (tertiary/aromatic N) is 4. The van der Waals surface area contributed by atoms with Crippen molar-refractivity contribution in [1.29, 1.82) is 0 Å². The second kappa shape index (κ2) is 8.23. The van der Waals surface area contributed by atoms with Gasteiger partial charge in [-0.1, -0.05) is 25.0 Å². The smallest absolute Gasteiger partial charge is 0.233 e. The molecule has 0 N–H and O–H groups in total. The Labute approximate surface area is 215 Å². The van der Waals surface area contributed by atoms with Crippen molar-refractivity contribution < 1.29 is 14.3 Å².